The van der Waals surface area contributed by atoms with Crippen molar-refractivity contribution in [3.05, 3.63) is 5.01 Å². The molecule has 2 rings (SSSR count). The summed E-state index contributed by atoms with van der Waals surface area (Å²) >= 11 is 1.37. The maximum Gasteiger partial charge on any atom is 0.315 e. The summed E-state index contributed by atoms with van der Waals surface area (Å²) in [7, 11) is 0. The van der Waals surface area contributed by atoms with Crippen molar-refractivity contribution < 1.29 is 9.59 Å². The van der Waals surface area contributed by atoms with Gasteiger partial charge >= 0.3 is 6.03 Å². The lowest BCUT2D eigenvalue weighted by Crippen LogP contribution is -2.52. The summed E-state index contributed by atoms with van der Waals surface area (Å²) in [4.78, 5) is 27.2. The first-order valence-electron chi connectivity index (χ1n) is 10.6. The number of anilines is 1. The highest BCUT2D eigenvalue weighted by atomic mass is 32.1. The molecule has 3 amide bonds. The fourth-order valence-electron chi connectivity index (χ4n) is 3.86. The molecule has 0 spiro atoms. The predicted molar refractivity (Wildman–Crippen MR) is 117 cm³/mol. The summed E-state index contributed by atoms with van der Waals surface area (Å²) in [5.41, 5.74) is 0. The van der Waals surface area contributed by atoms with E-state index in [4.69, 9.17) is 0 Å². The minimum absolute atomic E-state index is 0.0395. The van der Waals surface area contributed by atoms with Crippen molar-refractivity contribution in [1.29, 1.82) is 0 Å². The normalized spacial score (nSPS) is 23.1. The Kier molecular flexibility index (Phi) is 8.82. The van der Waals surface area contributed by atoms with Crippen LogP contribution in [0.25, 0.3) is 0 Å². The molecule has 0 aromatic carbocycles. The Hall–Kier alpha value is -1.74. The summed E-state index contributed by atoms with van der Waals surface area (Å²) in [5.74, 6) is 0.816. The van der Waals surface area contributed by atoms with Crippen LogP contribution in [0.2, 0.25) is 0 Å². The highest BCUT2D eigenvalue weighted by Gasteiger charge is 2.25. The van der Waals surface area contributed by atoms with Gasteiger partial charge in [0, 0.05) is 31.7 Å². The number of carbonyl (C=O) groups excluding carboxylic acids is 2. The molecule has 0 bridgehead atoms. The molecule has 5 atom stereocenters. The quantitative estimate of drug-likeness (QED) is 0.596. The predicted octanol–water partition coefficient (Wildman–Crippen LogP) is 2.73. The molecule has 1 saturated heterocycles. The van der Waals surface area contributed by atoms with Gasteiger partial charge in [0.1, 0.15) is 5.01 Å². The Morgan fingerprint density at radius 3 is 2.38 bits per heavy atom. The molecule has 5 unspecified atom stereocenters. The van der Waals surface area contributed by atoms with Gasteiger partial charge in [-0.3, -0.25) is 4.79 Å². The number of rotatable bonds is 8. The van der Waals surface area contributed by atoms with Gasteiger partial charge in [0.15, 0.2) is 0 Å². The van der Waals surface area contributed by atoms with E-state index in [-0.39, 0.29) is 24.0 Å². The number of aromatic nitrogens is 2. The van der Waals surface area contributed by atoms with Gasteiger partial charge < -0.3 is 20.9 Å². The SMILES string of the molecule is CCc1nnc(NC(=O)C(C)C(C)NC(=O)NC(C)CN2CC(C)CC(C)C2)s1. The lowest BCUT2D eigenvalue weighted by molar-refractivity contribution is -0.120. The summed E-state index contributed by atoms with van der Waals surface area (Å²) in [5, 5.41) is 18.0. The number of piperidine rings is 1. The van der Waals surface area contributed by atoms with Crippen molar-refractivity contribution >= 4 is 28.4 Å². The highest BCUT2D eigenvalue weighted by Crippen LogP contribution is 2.21. The second kappa shape index (κ2) is 10.9. The van der Waals surface area contributed by atoms with Crippen LogP contribution >= 0.6 is 11.3 Å². The molecule has 0 radical (unpaired) electrons. The van der Waals surface area contributed by atoms with Crippen LogP contribution in [0.15, 0.2) is 0 Å². The molecule has 29 heavy (non-hydrogen) atoms. The Balaban J connectivity index is 1.75. The molecule has 8 nitrogen and oxygen atoms in total. The summed E-state index contributed by atoms with van der Waals surface area (Å²) in [6, 6.07) is -0.513. The molecule has 1 aromatic heterocycles. The maximum absolute atomic E-state index is 12.4. The van der Waals surface area contributed by atoms with E-state index in [1.165, 1.54) is 17.8 Å². The molecule has 0 aliphatic carbocycles. The third kappa shape index (κ3) is 7.54. The van der Waals surface area contributed by atoms with Crippen LogP contribution in [-0.4, -0.2) is 58.8 Å². The second-order valence-electron chi connectivity index (χ2n) is 8.60. The molecule has 1 fully saturated rings. The Morgan fingerprint density at radius 2 is 1.79 bits per heavy atom. The van der Waals surface area contributed by atoms with Gasteiger partial charge in [-0.1, -0.05) is 39.0 Å². The monoisotopic (exact) mass is 424 g/mol. The maximum atomic E-state index is 12.4. The van der Waals surface area contributed by atoms with E-state index in [0.29, 0.717) is 17.0 Å². The smallest absolute Gasteiger partial charge is 0.315 e. The molecule has 1 aliphatic heterocycles. The molecule has 3 N–H and O–H groups in total. The minimum atomic E-state index is -0.395. The van der Waals surface area contributed by atoms with Crippen LogP contribution in [0.5, 0.6) is 0 Å². The topological polar surface area (TPSA) is 99.2 Å². The number of urea groups is 1. The van der Waals surface area contributed by atoms with Crippen molar-refractivity contribution in [3.63, 3.8) is 0 Å². The van der Waals surface area contributed by atoms with Crippen LogP contribution in [0.3, 0.4) is 0 Å². The largest absolute Gasteiger partial charge is 0.335 e. The summed E-state index contributed by atoms with van der Waals surface area (Å²) in [6.45, 7) is 15.2. The van der Waals surface area contributed by atoms with E-state index >= 15 is 0 Å². The standard InChI is InChI=1S/C20H36N6O2S/c1-7-17-24-25-20(29-17)23-18(27)15(5)16(6)22-19(28)21-14(4)11-26-9-12(2)8-13(3)10-26/h12-16H,7-11H2,1-6H3,(H2,21,22,28)(H,23,25,27). The molecule has 164 valence electrons. The number of hydrogen-bond acceptors (Lipinski definition) is 6. The van der Waals surface area contributed by atoms with Gasteiger partial charge in [-0.25, -0.2) is 4.79 Å². The number of hydrogen-bond donors (Lipinski definition) is 3. The first-order chi connectivity index (χ1) is 13.7. The van der Waals surface area contributed by atoms with Crippen LogP contribution < -0.4 is 16.0 Å². The molecule has 9 heteroatoms. The van der Waals surface area contributed by atoms with Gasteiger partial charge in [0.2, 0.25) is 11.0 Å². The zero-order valence-corrected chi connectivity index (χ0v) is 19.3. The average Bonchev–Trinajstić information content (AvgIpc) is 3.07. The molecule has 0 saturated carbocycles. The van der Waals surface area contributed by atoms with E-state index in [2.05, 4.69) is 44.9 Å². The molecule has 2 heterocycles. The second-order valence-corrected chi connectivity index (χ2v) is 9.67. The van der Waals surface area contributed by atoms with Gasteiger partial charge in [-0.05, 0) is 38.5 Å². The van der Waals surface area contributed by atoms with Crippen molar-refractivity contribution in [2.45, 2.75) is 66.5 Å². The van der Waals surface area contributed by atoms with Gasteiger partial charge in [-0.15, -0.1) is 10.2 Å². The first-order valence-corrected chi connectivity index (χ1v) is 11.4. The summed E-state index contributed by atoms with van der Waals surface area (Å²) < 4.78 is 0. The van der Waals surface area contributed by atoms with Crippen LogP contribution in [-0.2, 0) is 11.2 Å². The number of aryl methyl sites for hydroxylation is 1. The van der Waals surface area contributed by atoms with E-state index < -0.39 is 5.92 Å². The van der Waals surface area contributed by atoms with Gasteiger partial charge in [-0.2, -0.15) is 0 Å². The molecular formula is C20H36N6O2S. The van der Waals surface area contributed by atoms with Crippen LogP contribution in [0, 0.1) is 17.8 Å². The minimum Gasteiger partial charge on any atom is -0.335 e. The van der Waals surface area contributed by atoms with E-state index in [1.54, 1.807) is 6.92 Å². The zero-order valence-electron chi connectivity index (χ0n) is 18.5. The first kappa shape index (κ1) is 23.5. The number of nitrogens with zero attached hydrogens (tertiary/aromatic N) is 3. The number of amides is 3. The average molecular weight is 425 g/mol. The molecule has 1 aliphatic rings. The fourth-order valence-corrected chi connectivity index (χ4v) is 4.55. The lowest BCUT2D eigenvalue weighted by Gasteiger charge is -2.36. The third-order valence-corrected chi connectivity index (χ3v) is 6.36. The van der Waals surface area contributed by atoms with E-state index in [0.717, 1.165) is 31.1 Å². The third-order valence-electron chi connectivity index (χ3n) is 5.38. The van der Waals surface area contributed by atoms with Crippen molar-refractivity contribution in [2.24, 2.45) is 17.8 Å². The number of nitrogens with one attached hydrogen (secondary N) is 3. The fraction of sp³-hybridized carbons (Fsp3) is 0.800. The highest BCUT2D eigenvalue weighted by molar-refractivity contribution is 7.15. The Bertz CT molecular complexity index is 672. The van der Waals surface area contributed by atoms with Crippen LogP contribution in [0.1, 0.15) is 53.0 Å². The number of carbonyl (C=O) groups is 2. The molecular weight excluding hydrogens is 388 g/mol. The van der Waals surface area contributed by atoms with Crippen LogP contribution in [0.4, 0.5) is 9.93 Å². The van der Waals surface area contributed by atoms with Gasteiger partial charge in [0.05, 0.1) is 5.92 Å². The van der Waals surface area contributed by atoms with Crippen molar-refractivity contribution in [2.75, 3.05) is 25.0 Å². The Labute approximate surface area is 178 Å². The lowest BCUT2D eigenvalue weighted by atomic mass is 9.92. The zero-order chi connectivity index (χ0) is 21.6. The van der Waals surface area contributed by atoms with E-state index in [1.807, 2.05) is 20.8 Å². The van der Waals surface area contributed by atoms with Crippen molar-refractivity contribution in [1.82, 2.24) is 25.7 Å². The molecule has 1 aromatic rings. The summed E-state index contributed by atoms with van der Waals surface area (Å²) in [6.07, 6.45) is 2.06. The van der Waals surface area contributed by atoms with Crippen molar-refractivity contribution in [3.8, 4) is 0 Å². The van der Waals surface area contributed by atoms with E-state index in [9.17, 15) is 9.59 Å². The number of likely N-dealkylation sites (tertiary alicyclic amines) is 1. The van der Waals surface area contributed by atoms with Gasteiger partial charge in [0.25, 0.3) is 0 Å². The Morgan fingerprint density at radius 1 is 1.14 bits per heavy atom.